The average Bonchev–Trinajstić information content (AvgIpc) is 2.37. The number of alkyl halides is 2. The average molecular weight is 265 g/mol. The van der Waals surface area contributed by atoms with E-state index >= 15 is 0 Å². The maximum Gasteiger partial charge on any atom is 0.265 e. The van der Waals surface area contributed by atoms with Crippen molar-refractivity contribution in [1.82, 2.24) is 5.32 Å². The number of ether oxygens (including phenoxy) is 2. The summed E-state index contributed by atoms with van der Waals surface area (Å²) < 4.78 is 35.6. The van der Waals surface area contributed by atoms with E-state index in [9.17, 15) is 8.78 Å². The molecule has 0 radical (unpaired) electrons. The first-order valence-corrected chi connectivity index (χ1v) is 6.53. The van der Waals surface area contributed by atoms with Crippen LogP contribution in [-0.2, 0) is 9.47 Å². The molecule has 4 nitrogen and oxygen atoms in total. The fraction of sp³-hybridized carbons (Fsp3) is 1.00. The van der Waals surface area contributed by atoms with E-state index in [1.54, 1.807) is 0 Å². The van der Waals surface area contributed by atoms with Crippen molar-refractivity contribution in [3.63, 3.8) is 0 Å². The van der Waals surface area contributed by atoms with Crippen LogP contribution >= 0.6 is 0 Å². The van der Waals surface area contributed by atoms with Gasteiger partial charge in [-0.25, -0.2) is 8.78 Å². The third kappa shape index (κ3) is 3.60. The number of rotatable bonds is 4. The summed E-state index contributed by atoms with van der Waals surface area (Å²) >= 11 is 0. The zero-order chi connectivity index (χ0) is 13.0. The molecule has 6 heteroatoms. The van der Waals surface area contributed by atoms with Crippen molar-refractivity contribution in [2.24, 2.45) is 0 Å². The molecule has 2 fully saturated rings. The Bertz CT molecular complexity index is 254. The van der Waals surface area contributed by atoms with Crippen molar-refractivity contribution in [3.05, 3.63) is 0 Å². The zero-order valence-corrected chi connectivity index (χ0v) is 10.4. The molecule has 0 saturated carbocycles. The smallest absolute Gasteiger partial charge is 0.265 e. The van der Waals surface area contributed by atoms with E-state index in [0.29, 0.717) is 19.8 Å². The molecule has 2 heterocycles. The van der Waals surface area contributed by atoms with Gasteiger partial charge in [0.2, 0.25) is 0 Å². The van der Waals surface area contributed by atoms with Gasteiger partial charge in [-0.1, -0.05) is 0 Å². The largest absolute Gasteiger partial charge is 0.386 e. The number of nitrogens with one attached hydrogen (secondary N) is 1. The monoisotopic (exact) mass is 265 g/mol. The standard InChI is InChI=1S/C12H21F2NO3/c13-11(14)10(16)8-15-9-1-4-18-12(7-9)2-5-17-6-3-12/h9-11,15-16H,1-8H2. The van der Waals surface area contributed by atoms with Crippen LogP contribution in [0.5, 0.6) is 0 Å². The highest BCUT2D eigenvalue weighted by atomic mass is 19.3. The van der Waals surface area contributed by atoms with Crippen LogP contribution in [-0.4, -0.2) is 55.6 Å². The summed E-state index contributed by atoms with van der Waals surface area (Å²) in [5.41, 5.74) is -0.149. The highest BCUT2D eigenvalue weighted by molar-refractivity contribution is 4.91. The van der Waals surface area contributed by atoms with Gasteiger partial charge in [0.25, 0.3) is 6.43 Å². The van der Waals surface area contributed by atoms with E-state index in [-0.39, 0.29) is 18.2 Å². The molecule has 0 amide bonds. The Morgan fingerprint density at radius 3 is 2.67 bits per heavy atom. The molecule has 2 N–H and O–H groups in total. The highest BCUT2D eigenvalue weighted by Crippen LogP contribution is 2.34. The Morgan fingerprint density at radius 2 is 2.00 bits per heavy atom. The Labute approximate surface area is 106 Å². The lowest BCUT2D eigenvalue weighted by molar-refractivity contribution is -0.141. The van der Waals surface area contributed by atoms with E-state index in [4.69, 9.17) is 14.6 Å². The Balaban J connectivity index is 1.79. The number of halogens is 2. The maximum atomic E-state index is 12.2. The summed E-state index contributed by atoms with van der Waals surface area (Å²) in [7, 11) is 0. The molecule has 1 spiro atoms. The van der Waals surface area contributed by atoms with Crippen molar-refractivity contribution < 1.29 is 23.4 Å². The quantitative estimate of drug-likeness (QED) is 0.794. The lowest BCUT2D eigenvalue weighted by atomic mass is 9.84. The third-order valence-corrected chi connectivity index (χ3v) is 3.80. The van der Waals surface area contributed by atoms with Gasteiger partial charge in [0, 0.05) is 32.4 Å². The fourth-order valence-electron chi connectivity index (χ4n) is 2.67. The molecule has 0 aromatic heterocycles. The van der Waals surface area contributed by atoms with Gasteiger partial charge in [-0.05, 0) is 25.7 Å². The second kappa shape index (κ2) is 6.23. The summed E-state index contributed by atoms with van der Waals surface area (Å²) in [6, 6.07) is 0.144. The molecule has 106 valence electrons. The van der Waals surface area contributed by atoms with Crippen LogP contribution in [0.3, 0.4) is 0 Å². The van der Waals surface area contributed by atoms with Crippen molar-refractivity contribution >= 4 is 0 Å². The molecule has 2 aliphatic rings. The van der Waals surface area contributed by atoms with Crippen LogP contribution in [0.4, 0.5) is 8.78 Å². The van der Waals surface area contributed by atoms with Crippen LogP contribution in [0.25, 0.3) is 0 Å². The van der Waals surface area contributed by atoms with Gasteiger partial charge in [-0.15, -0.1) is 0 Å². The molecule has 0 aromatic carbocycles. The number of hydrogen-bond donors (Lipinski definition) is 2. The molecule has 18 heavy (non-hydrogen) atoms. The van der Waals surface area contributed by atoms with Gasteiger partial charge in [0.05, 0.1) is 5.60 Å². The second-order valence-electron chi connectivity index (χ2n) is 5.14. The highest BCUT2D eigenvalue weighted by Gasteiger charge is 2.39. The Kier molecular flexibility index (Phi) is 4.89. The normalized spacial score (nSPS) is 29.7. The van der Waals surface area contributed by atoms with E-state index < -0.39 is 12.5 Å². The summed E-state index contributed by atoms with van der Waals surface area (Å²) in [5.74, 6) is 0. The molecule has 2 aliphatic heterocycles. The minimum absolute atomic E-state index is 0.0606. The molecule has 2 unspecified atom stereocenters. The number of aliphatic hydroxyl groups is 1. The van der Waals surface area contributed by atoms with Gasteiger partial charge in [-0.3, -0.25) is 0 Å². The summed E-state index contributed by atoms with van der Waals surface area (Å²) in [4.78, 5) is 0. The fourth-order valence-corrected chi connectivity index (χ4v) is 2.67. The van der Waals surface area contributed by atoms with Crippen molar-refractivity contribution in [1.29, 1.82) is 0 Å². The van der Waals surface area contributed by atoms with Crippen molar-refractivity contribution in [2.45, 2.75) is 49.9 Å². The predicted molar refractivity (Wildman–Crippen MR) is 61.8 cm³/mol. The first-order chi connectivity index (χ1) is 8.61. The molecular weight excluding hydrogens is 244 g/mol. The zero-order valence-electron chi connectivity index (χ0n) is 10.4. The van der Waals surface area contributed by atoms with Gasteiger partial charge in [0.15, 0.2) is 0 Å². The SMILES string of the molecule is OC(CNC1CCOC2(CCOCC2)C1)C(F)F. The molecule has 2 atom stereocenters. The van der Waals surface area contributed by atoms with Crippen LogP contribution < -0.4 is 5.32 Å². The Hall–Kier alpha value is -0.300. The Morgan fingerprint density at radius 1 is 1.28 bits per heavy atom. The first-order valence-electron chi connectivity index (χ1n) is 6.53. The number of aliphatic hydroxyl groups excluding tert-OH is 1. The van der Waals surface area contributed by atoms with E-state index in [2.05, 4.69) is 5.32 Å². The van der Waals surface area contributed by atoms with E-state index in [1.165, 1.54) is 0 Å². The van der Waals surface area contributed by atoms with Crippen molar-refractivity contribution in [2.75, 3.05) is 26.4 Å². The summed E-state index contributed by atoms with van der Waals surface area (Å²) in [6.45, 7) is 1.98. The lowest BCUT2D eigenvalue weighted by Gasteiger charge is -2.43. The molecule has 0 bridgehead atoms. The van der Waals surface area contributed by atoms with Crippen LogP contribution in [0.1, 0.15) is 25.7 Å². The van der Waals surface area contributed by atoms with Crippen molar-refractivity contribution in [3.8, 4) is 0 Å². The van der Waals surface area contributed by atoms with Gasteiger partial charge >= 0.3 is 0 Å². The van der Waals surface area contributed by atoms with E-state index in [0.717, 1.165) is 25.7 Å². The second-order valence-corrected chi connectivity index (χ2v) is 5.14. The topological polar surface area (TPSA) is 50.7 Å². The summed E-state index contributed by atoms with van der Waals surface area (Å²) in [6.07, 6.45) is -0.927. The summed E-state index contributed by atoms with van der Waals surface area (Å²) in [5, 5.41) is 12.1. The first kappa shape index (κ1) is 14.1. The molecule has 0 aromatic rings. The number of hydrogen-bond acceptors (Lipinski definition) is 4. The maximum absolute atomic E-state index is 12.2. The van der Waals surface area contributed by atoms with Crippen LogP contribution in [0.2, 0.25) is 0 Å². The minimum Gasteiger partial charge on any atom is -0.386 e. The minimum atomic E-state index is -2.69. The molecule has 2 rings (SSSR count). The lowest BCUT2D eigenvalue weighted by Crippen LogP contribution is -2.51. The van der Waals surface area contributed by atoms with E-state index in [1.807, 2.05) is 0 Å². The van der Waals surface area contributed by atoms with Gasteiger partial charge in [0.1, 0.15) is 6.10 Å². The van der Waals surface area contributed by atoms with Gasteiger partial charge in [-0.2, -0.15) is 0 Å². The van der Waals surface area contributed by atoms with Crippen LogP contribution in [0, 0.1) is 0 Å². The third-order valence-electron chi connectivity index (χ3n) is 3.80. The van der Waals surface area contributed by atoms with Crippen LogP contribution in [0.15, 0.2) is 0 Å². The van der Waals surface area contributed by atoms with Gasteiger partial charge < -0.3 is 19.9 Å². The molecule has 2 saturated heterocycles. The molecule has 0 aliphatic carbocycles. The predicted octanol–water partition coefficient (Wildman–Crippen LogP) is 0.930. The molecular formula is C12H21F2NO3.